The monoisotopic (exact) mass is 473 g/mol. The number of benzene rings is 2. The summed E-state index contributed by atoms with van der Waals surface area (Å²) in [6.07, 6.45) is 1.61. The molecule has 0 spiro atoms. The lowest BCUT2D eigenvalue weighted by atomic mass is 10.00. The van der Waals surface area contributed by atoms with Crippen LogP contribution in [0.5, 0.6) is 0 Å². The van der Waals surface area contributed by atoms with Crippen LogP contribution < -0.4 is 16.4 Å². The lowest BCUT2D eigenvalue weighted by Gasteiger charge is -2.09. The second kappa shape index (κ2) is 9.33. The fourth-order valence-electron chi connectivity index (χ4n) is 3.44. The standard InChI is InChI=1S/C25H20ClN5OS/c1-3-12-29-24(32)20-21-22(33-25(20)30-17-10-4-14(2)5-11-17)19(18(13-27)23(28)31-21)15-6-8-16(26)9-7-15/h3-11,30H,1,12H2,2H3,(H2,28,31)(H,29,32). The van der Waals surface area contributed by atoms with Crippen LogP contribution in [0.25, 0.3) is 21.3 Å². The van der Waals surface area contributed by atoms with Crippen molar-refractivity contribution in [1.29, 1.82) is 5.26 Å². The number of carbonyl (C=O) groups is 1. The van der Waals surface area contributed by atoms with Gasteiger partial charge in [0.1, 0.15) is 28.0 Å². The number of aryl methyl sites for hydroxylation is 1. The molecule has 0 saturated carbocycles. The minimum absolute atomic E-state index is 0.0624. The molecule has 0 aliphatic carbocycles. The Morgan fingerprint density at radius 2 is 1.94 bits per heavy atom. The van der Waals surface area contributed by atoms with Gasteiger partial charge in [-0.25, -0.2) is 4.98 Å². The van der Waals surface area contributed by atoms with Crippen LogP contribution in [-0.4, -0.2) is 17.4 Å². The van der Waals surface area contributed by atoms with Crippen LogP contribution in [0.3, 0.4) is 0 Å². The molecule has 0 saturated heterocycles. The molecule has 0 aliphatic heterocycles. The van der Waals surface area contributed by atoms with Crippen molar-refractivity contribution in [1.82, 2.24) is 10.3 Å². The highest BCUT2D eigenvalue weighted by atomic mass is 35.5. The lowest BCUT2D eigenvalue weighted by Crippen LogP contribution is -2.23. The number of aromatic nitrogens is 1. The number of thiophene rings is 1. The molecule has 0 radical (unpaired) electrons. The molecule has 2 aromatic heterocycles. The van der Waals surface area contributed by atoms with Crippen LogP contribution >= 0.6 is 22.9 Å². The van der Waals surface area contributed by atoms with Crippen molar-refractivity contribution in [2.45, 2.75) is 6.92 Å². The second-order valence-corrected chi connectivity index (χ2v) is 8.80. The number of halogens is 1. The van der Waals surface area contributed by atoms with E-state index >= 15 is 0 Å². The summed E-state index contributed by atoms with van der Waals surface area (Å²) in [5.41, 5.74) is 10.6. The fraction of sp³-hybridized carbons (Fsp3) is 0.0800. The highest BCUT2D eigenvalue weighted by Crippen LogP contribution is 2.44. The van der Waals surface area contributed by atoms with Gasteiger partial charge in [-0.3, -0.25) is 4.79 Å². The van der Waals surface area contributed by atoms with Crippen molar-refractivity contribution in [2.24, 2.45) is 0 Å². The molecular weight excluding hydrogens is 454 g/mol. The van der Waals surface area contributed by atoms with Crippen molar-refractivity contribution >= 4 is 55.6 Å². The molecule has 1 amide bonds. The van der Waals surface area contributed by atoms with Gasteiger partial charge in [-0.2, -0.15) is 5.26 Å². The molecule has 0 fully saturated rings. The summed E-state index contributed by atoms with van der Waals surface area (Å²) in [5.74, 6) is -0.248. The van der Waals surface area contributed by atoms with Gasteiger partial charge in [0, 0.05) is 22.8 Å². The Morgan fingerprint density at radius 1 is 1.24 bits per heavy atom. The minimum atomic E-state index is -0.311. The van der Waals surface area contributed by atoms with Gasteiger partial charge >= 0.3 is 0 Å². The topological polar surface area (TPSA) is 104 Å². The predicted molar refractivity (Wildman–Crippen MR) is 136 cm³/mol. The van der Waals surface area contributed by atoms with E-state index in [2.05, 4.69) is 28.3 Å². The van der Waals surface area contributed by atoms with Gasteiger partial charge in [0.15, 0.2) is 0 Å². The number of hydrogen-bond donors (Lipinski definition) is 3. The second-order valence-electron chi connectivity index (χ2n) is 7.34. The van der Waals surface area contributed by atoms with E-state index in [0.717, 1.165) is 16.8 Å². The van der Waals surface area contributed by atoms with Gasteiger partial charge in [0.2, 0.25) is 0 Å². The number of nitrogens with two attached hydrogens (primary N) is 1. The number of anilines is 3. The van der Waals surface area contributed by atoms with Gasteiger partial charge < -0.3 is 16.4 Å². The minimum Gasteiger partial charge on any atom is -0.383 e. The summed E-state index contributed by atoms with van der Waals surface area (Å²) in [5, 5.41) is 17.2. The Labute approximate surface area is 200 Å². The fourth-order valence-corrected chi connectivity index (χ4v) is 4.80. The first-order valence-corrected chi connectivity index (χ1v) is 11.3. The Balaban J connectivity index is 1.99. The molecule has 2 aromatic carbocycles. The van der Waals surface area contributed by atoms with E-state index in [9.17, 15) is 10.1 Å². The third-order valence-electron chi connectivity index (χ3n) is 5.04. The van der Waals surface area contributed by atoms with Crippen LogP contribution in [-0.2, 0) is 0 Å². The van der Waals surface area contributed by atoms with Crippen molar-refractivity contribution in [3.8, 4) is 17.2 Å². The molecular formula is C25H20ClN5OS. The van der Waals surface area contributed by atoms with E-state index in [-0.39, 0.29) is 17.3 Å². The van der Waals surface area contributed by atoms with Gasteiger partial charge in [-0.05, 0) is 36.8 Å². The lowest BCUT2D eigenvalue weighted by molar-refractivity contribution is 0.0960. The summed E-state index contributed by atoms with van der Waals surface area (Å²) in [6.45, 7) is 5.97. The Hall–Kier alpha value is -3.86. The average molecular weight is 474 g/mol. The summed E-state index contributed by atoms with van der Waals surface area (Å²) in [7, 11) is 0. The highest BCUT2D eigenvalue weighted by molar-refractivity contribution is 7.24. The number of fused-ring (bicyclic) bond motifs is 1. The molecule has 164 valence electrons. The molecule has 6 nitrogen and oxygen atoms in total. The van der Waals surface area contributed by atoms with Crippen molar-refractivity contribution < 1.29 is 4.79 Å². The first-order chi connectivity index (χ1) is 15.9. The molecule has 4 rings (SSSR count). The predicted octanol–water partition coefficient (Wildman–Crippen LogP) is 6.04. The molecule has 2 heterocycles. The Morgan fingerprint density at radius 3 is 2.58 bits per heavy atom. The third-order valence-corrected chi connectivity index (χ3v) is 6.40. The molecule has 8 heteroatoms. The number of amides is 1. The number of carbonyl (C=O) groups excluding carboxylic acids is 1. The van der Waals surface area contributed by atoms with Gasteiger partial charge in [-0.15, -0.1) is 17.9 Å². The van der Waals surface area contributed by atoms with Crippen LogP contribution in [0.15, 0.2) is 61.2 Å². The first kappa shape index (κ1) is 22.3. The smallest absolute Gasteiger partial charge is 0.256 e. The van der Waals surface area contributed by atoms with Crippen LogP contribution in [0, 0.1) is 18.3 Å². The number of nitrogens with zero attached hydrogens (tertiary/aromatic N) is 2. The summed E-state index contributed by atoms with van der Waals surface area (Å²) in [4.78, 5) is 17.6. The largest absolute Gasteiger partial charge is 0.383 e. The summed E-state index contributed by atoms with van der Waals surface area (Å²) < 4.78 is 0.682. The third kappa shape index (κ3) is 4.40. The van der Waals surface area contributed by atoms with Crippen molar-refractivity contribution in [3.63, 3.8) is 0 Å². The number of pyridine rings is 1. The Bertz CT molecular complexity index is 1400. The zero-order chi connectivity index (χ0) is 23.5. The van der Waals surface area contributed by atoms with Crippen molar-refractivity contribution in [3.05, 3.63) is 82.9 Å². The van der Waals surface area contributed by atoms with E-state index in [4.69, 9.17) is 17.3 Å². The van der Waals surface area contributed by atoms with E-state index in [0.29, 0.717) is 37.9 Å². The average Bonchev–Trinajstić information content (AvgIpc) is 3.16. The van der Waals surface area contributed by atoms with Gasteiger partial charge in [0.05, 0.1) is 10.2 Å². The van der Waals surface area contributed by atoms with Crippen molar-refractivity contribution in [2.75, 3.05) is 17.6 Å². The number of nitrogens with one attached hydrogen (secondary N) is 2. The molecule has 0 atom stereocenters. The maximum atomic E-state index is 13.1. The number of nitrogen functional groups attached to an aromatic ring is 1. The van der Waals surface area contributed by atoms with E-state index < -0.39 is 0 Å². The maximum Gasteiger partial charge on any atom is 0.256 e. The summed E-state index contributed by atoms with van der Waals surface area (Å²) >= 11 is 7.42. The molecule has 4 aromatic rings. The maximum absolute atomic E-state index is 13.1. The van der Waals surface area contributed by atoms with Crippen LogP contribution in [0.4, 0.5) is 16.5 Å². The molecule has 4 N–H and O–H groups in total. The van der Waals surface area contributed by atoms with Gasteiger partial charge in [-0.1, -0.05) is 47.5 Å². The normalized spacial score (nSPS) is 10.6. The molecule has 0 bridgehead atoms. The highest BCUT2D eigenvalue weighted by Gasteiger charge is 2.26. The van der Waals surface area contributed by atoms with Crippen LogP contribution in [0.2, 0.25) is 5.02 Å². The quantitative estimate of drug-likeness (QED) is 0.296. The number of hydrogen-bond acceptors (Lipinski definition) is 6. The van der Waals surface area contributed by atoms with Gasteiger partial charge in [0.25, 0.3) is 5.91 Å². The number of rotatable bonds is 6. The molecule has 0 aliphatic rings. The summed E-state index contributed by atoms with van der Waals surface area (Å²) in [6, 6.07) is 17.1. The van der Waals surface area contributed by atoms with E-state index in [1.54, 1.807) is 18.2 Å². The molecule has 0 unspecified atom stereocenters. The van der Waals surface area contributed by atoms with E-state index in [1.165, 1.54) is 11.3 Å². The van der Waals surface area contributed by atoms with E-state index in [1.807, 2.05) is 43.3 Å². The zero-order valence-electron chi connectivity index (χ0n) is 17.8. The SMILES string of the molecule is C=CCNC(=O)c1c(Nc2ccc(C)cc2)sc2c(-c3ccc(Cl)cc3)c(C#N)c(N)nc12. The Kier molecular flexibility index (Phi) is 6.31. The zero-order valence-corrected chi connectivity index (χ0v) is 19.3. The first-order valence-electron chi connectivity index (χ1n) is 10.1. The molecule has 33 heavy (non-hydrogen) atoms. The number of nitriles is 1. The van der Waals surface area contributed by atoms with Crippen LogP contribution in [0.1, 0.15) is 21.5 Å².